The van der Waals surface area contributed by atoms with Crippen LogP contribution in [0.2, 0.25) is 0 Å². The molecule has 0 spiro atoms. The second kappa shape index (κ2) is 70.2. The number of rotatable bonds is 3. The maximum Gasteiger partial charge on any atom is 0.111 e. The second-order valence-corrected chi connectivity index (χ2v) is 19.1. The number of benzene rings is 11. The predicted molar refractivity (Wildman–Crippen MR) is 488 cm³/mol. The van der Waals surface area contributed by atoms with E-state index in [9.17, 15) is 0 Å². The molecule has 0 radical (unpaired) electrons. The zero-order valence-corrected chi connectivity index (χ0v) is 72.9. The number of nitrogens with zero attached hydrogens (tertiary/aromatic N) is 6. The van der Waals surface area contributed by atoms with E-state index in [4.69, 9.17) is 0 Å². The topological polar surface area (TPSA) is 53.5 Å². The van der Waals surface area contributed by atoms with Gasteiger partial charge in [0.25, 0.3) is 0 Å². The van der Waals surface area contributed by atoms with Gasteiger partial charge in [0.1, 0.15) is 17.5 Å². The van der Waals surface area contributed by atoms with E-state index < -0.39 is 0 Å². The highest BCUT2D eigenvalue weighted by atomic mass is 32.1. The molecule has 0 unspecified atom stereocenters. The molecule has 0 saturated carbocycles. The molecule has 15 rings (SSSR count). The molecule has 6 nitrogen and oxygen atoms in total. The van der Waals surface area contributed by atoms with Crippen molar-refractivity contribution in [3.63, 3.8) is 0 Å². The van der Waals surface area contributed by atoms with E-state index >= 15 is 0 Å². The molecule has 0 fully saturated rings. The smallest absolute Gasteiger partial charge is 0.111 e. The first kappa shape index (κ1) is 104. The Labute approximate surface area is 646 Å². The van der Waals surface area contributed by atoms with Crippen LogP contribution in [0.4, 0.5) is 0 Å². The van der Waals surface area contributed by atoms with Crippen LogP contribution in [0.15, 0.2) is 273 Å². The van der Waals surface area contributed by atoms with Crippen molar-refractivity contribution in [1.82, 2.24) is 28.7 Å². The number of aryl methyl sites for hydroxylation is 3. The highest BCUT2D eigenvalue weighted by Crippen LogP contribution is 2.33. The average Bonchev–Trinajstić information content (AvgIpc) is 1.62. The third-order valence-corrected chi connectivity index (χ3v) is 14.3. The van der Waals surface area contributed by atoms with Crippen LogP contribution in [-0.2, 0) is 0 Å². The van der Waals surface area contributed by atoms with Gasteiger partial charge in [-0.15, -0.1) is 11.3 Å². The summed E-state index contributed by atoms with van der Waals surface area (Å²) in [4.78, 5) is 13.7. The number of imidazole rings is 3. The predicted octanol–water partition coefficient (Wildman–Crippen LogP) is 33.4. The van der Waals surface area contributed by atoms with Gasteiger partial charge in [-0.05, 0) is 127 Å². The lowest BCUT2D eigenvalue weighted by molar-refractivity contribution is 1.00. The molecule has 4 heterocycles. The van der Waals surface area contributed by atoms with Gasteiger partial charge in [0.05, 0.1) is 33.1 Å². The van der Waals surface area contributed by atoms with E-state index in [2.05, 4.69) is 192 Å². The van der Waals surface area contributed by atoms with Crippen LogP contribution in [0.3, 0.4) is 0 Å². The zero-order chi connectivity index (χ0) is 80.9. The Morgan fingerprint density at radius 3 is 0.629 bits per heavy atom. The molecule has 0 N–H and O–H groups in total. The van der Waals surface area contributed by atoms with E-state index in [1.54, 1.807) is 0 Å². The summed E-state index contributed by atoms with van der Waals surface area (Å²) in [5, 5.41) is 8.06. The van der Waals surface area contributed by atoms with Crippen LogP contribution in [0.1, 0.15) is 225 Å². The number of hydrogen-bond donors (Lipinski definition) is 0. The van der Waals surface area contributed by atoms with Crippen LogP contribution >= 0.6 is 11.3 Å². The maximum absolute atomic E-state index is 4.55. The van der Waals surface area contributed by atoms with E-state index in [1.807, 2.05) is 349 Å². The molecule has 11 aromatic carbocycles. The quantitative estimate of drug-likeness (QED) is 0.166. The first-order chi connectivity index (χ1) is 52.0. The number of hydrogen-bond acceptors (Lipinski definition) is 4. The number of aromatic nitrogens is 6. The minimum absolute atomic E-state index is 1.02. The van der Waals surface area contributed by atoms with Gasteiger partial charge >= 0.3 is 0 Å². The number of fused-ring (bicyclic) bond motifs is 9. The highest BCUT2D eigenvalue weighted by molar-refractivity contribution is 7.25. The first-order valence-electron chi connectivity index (χ1n) is 40.2. The lowest BCUT2D eigenvalue weighted by Gasteiger charge is -2.05. The Morgan fingerprint density at radius 1 is 0.190 bits per heavy atom. The Kier molecular flexibility index (Phi) is 69.7. The molecule has 0 aliphatic heterocycles. The third kappa shape index (κ3) is 33.1. The largest absolute Gasteiger partial charge is 0.297 e. The van der Waals surface area contributed by atoms with Gasteiger partial charge in [-0.25, -0.2) is 15.0 Å². The molecule has 0 bridgehead atoms. The van der Waals surface area contributed by atoms with Gasteiger partial charge in [0, 0.05) is 37.2 Å². The lowest BCUT2D eigenvalue weighted by Crippen LogP contribution is -1.95. The normalized spacial score (nSPS) is 8.62. The van der Waals surface area contributed by atoms with Crippen LogP contribution < -0.4 is 0 Å². The maximum atomic E-state index is 4.55. The summed E-state index contributed by atoms with van der Waals surface area (Å²) < 4.78 is 9.28. The summed E-state index contributed by atoms with van der Waals surface area (Å²) >= 11 is 1.86. The number of para-hydroxylation sites is 9. The summed E-state index contributed by atoms with van der Waals surface area (Å²) in [6.45, 7) is 66.1. The summed E-state index contributed by atoms with van der Waals surface area (Å²) in [6, 6.07) is 94.0. The molecule has 7 heteroatoms. The fraction of sp³-hybridized carbons (Fsp3) is 0.337. The molecule has 105 heavy (non-hydrogen) atoms. The Morgan fingerprint density at radius 2 is 0.381 bits per heavy atom. The van der Waals surface area contributed by atoms with Crippen molar-refractivity contribution in [2.24, 2.45) is 0 Å². The van der Waals surface area contributed by atoms with Crippen molar-refractivity contribution >= 4 is 86.2 Å². The van der Waals surface area contributed by atoms with Crippen molar-refractivity contribution in [2.45, 2.75) is 228 Å². The fourth-order valence-electron chi connectivity index (χ4n) is 9.78. The van der Waals surface area contributed by atoms with Crippen LogP contribution in [-0.4, -0.2) is 28.7 Å². The monoisotopic (exact) mass is 1440 g/mol. The third-order valence-electron chi connectivity index (χ3n) is 13.2. The van der Waals surface area contributed by atoms with Gasteiger partial charge < -0.3 is 0 Å². The zero-order valence-electron chi connectivity index (χ0n) is 72.1. The number of thiophene rings is 1. The van der Waals surface area contributed by atoms with Gasteiger partial charge in [0.2, 0.25) is 0 Å². The molecule has 0 amide bonds. The van der Waals surface area contributed by atoms with Gasteiger partial charge in [-0.3, -0.25) is 13.7 Å². The molecular weight excluding hydrogens is 1290 g/mol. The van der Waals surface area contributed by atoms with Crippen molar-refractivity contribution in [3.05, 3.63) is 290 Å². The average molecular weight is 1440 g/mol. The summed E-state index contributed by atoms with van der Waals surface area (Å²) in [7, 11) is 0. The SMILES string of the molecule is CC.CC.CC.CC.CC.CC.CC.CC.CC.CC.CC.CC.CC.CC.CC.Cc1nc2ccccc2n1-c1ccccc1.Cc1nc2ccccc2n1-c1ccccc1.Cc1nc2ccccc2n1-c1ccccc1.c1ccc2c(c1)ccc1ccccc12.c1ccc2c(c1)sc1ccccc12. The standard InChI is InChI=1S/3C14H12N2.C14H10.C12H8S.15C2H6/c3*1-11-15-13-9-5-6-10-14(13)16(11)12-7-3-2-4-8-12;1-3-7-13-11(5-1)9-10-12-6-2-4-8-14(12)13;1-3-7-11-9(5-1)10-6-2-4-8-12(10)13-11;15*1-2/h3*2-10H,1H3;1-10H;1-8H;15*1-2H3. The molecule has 0 saturated heterocycles. The molecule has 0 aliphatic carbocycles. The summed E-state index contributed by atoms with van der Waals surface area (Å²) in [5.74, 6) is 3.06. The van der Waals surface area contributed by atoms with Gasteiger partial charge in [-0.2, -0.15) is 0 Å². The van der Waals surface area contributed by atoms with Gasteiger partial charge in [-0.1, -0.05) is 396 Å². The van der Waals surface area contributed by atoms with E-state index in [-0.39, 0.29) is 0 Å². The van der Waals surface area contributed by atoms with E-state index in [1.165, 1.54) is 41.7 Å². The Hall–Kier alpha value is -9.43. The van der Waals surface area contributed by atoms with Crippen molar-refractivity contribution < 1.29 is 0 Å². The minimum Gasteiger partial charge on any atom is -0.297 e. The molecule has 15 aromatic rings. The molecular formula is C98H144N6S. The van der Waals surface area contributed by atoms with E-state index in [0.717, 1.165) is 67.6 Å². The van der Waals surface area contributed by atoms with Crippen LogP contribution in [0.25, 0.3) is 91.9 Å². The van der Waals surface area contributed by atoms with E-state index in [0.29, 0.717) is 0 Å². The van der Waals surface area contributed by atoms with Crippen molar-refractivity contribution in [1.29, 1.82) is 0 Å². The first-order valence-corrected chi connectivity index (χ1v) is 41.0. The molecule has 0 atom stereocenters. The molecule has 4 aromatic heterocycles. The second-order valence-electron chi connectivity index (χ2n) is 18.1. The lowest BCUT2D eigenvalue weighted by atomic mass is 10.0. The molecule has 0 aliphatic rings. The van der Waals surface area contributed by atoms with Crippen molar-refractivity contribution in [3.8, 4) is 17.1 Å². The Balaban J connectivity index is -0.000000364. The molecule has 572 valence electrons. The Bertz CT molecular complexity index is 3970. The van der Waals surface area contributed by atoms with Crippen molar-refractivity contribution in [2.75, 3.05) is 0 Å². The highest BCUT2D eigenvalue weighted by Gasteiger charge is 2.10. The van der Waals surface area contributed by atoms with Crippen LogP contribution in [0, 0.1) is 20.8 Å². The van der Waals surface area contributed by atoms with Crippen LogP contribution in [0.5, 0.6) is 0 Å². The van der Waals surface area contributed by atoms with Gasteiger partial charge in [0.15, 0.2) is 0 Å². The minimum atomic E-state index is 1.02. The summed E-state index contributed by atoms with van der Waals surface area (Å²) in [6.07, 6.45) is 0. The fourth-order valence-corrected chi connectivity index (χ4v) is 10.9. The summed E-state index contributed by atoms with van der Waals surface area (Å²) in [5.41, 5.74) is 10.1.